The van der Waals surface area contributed by atoms with Crippen molar-refractivity contribution in [1.29, 1.82) is 0 Å². The van der Waals surface area contributed by atoms with Gasteiger partial charge < -0.3 is 10.4 Å². The number of carboxylic acids is 1. The van der Waals surface area contributed by atoms with Gasteiger partial charge >= 0.3 is 5.97 Å². The Labute approximate surface area is 142 Å². The molecule has 1 heterocycles. The summed E-state index contributed by atoms with van der Waals surface area (Å²) in [5.41, 5.74) is -0.391. The van der Waals surface area contributed by atoms with Crippen LogP contribution >= 0.6 is 35.0 Å². The molecule has 2 rings (SSSR count). The maximum atomic E-state index is 13.6. The molecule has 1 saturated heterocycles. The third-order valence-electron chi connectivity index (χ3n) is 2.62. The highest BCUT2D eigenvalue weighted by Gasteiger charge is 2.32. The molecule has 11 heteroatoms. The van der Waals surface area contributed by atoms with Gasteiger partial charge in [-0.2, -0.15) is 5.10 Å². The Hall–Kier alpha value is -1.71. The molecule has 0 radical (unpaired) electrons. The highest BCUT2D eigenvalue weighted by molar-refractivity contribution is 8.15. The van der Waals surface area contributed by atoms with Crippen molar-refractivity contribution < 1.29 is 23.5 Å². The molecule has 1 fully saturated rings. The zero-order chi connectivity index (χ0) is 17.1. The van der Waals surface area contributed by atoms with Gasteiger partial charge in [-0.15, -0.1) is 5.10 Å². The molecule has 1 aliphatic heterocycles. The molecule has 0 saturated carbocycles. The Kier molecular flexibility index (Phi) is 5.55. The average molecular weight is 382 g/mol. The number of nitrogens with one attached hydrogen (secondary N) is 1. The number of carbonyl (C=O) groups excluding carboxylic acids is 1. The summed E-state index contributed by atoms with van der Waals surface area (Å²) in [7, 11) is 0. The van der Waals surface area contributed by atoms with Gasteiger partial charge in [0.25, 0.3) is 0 Å². The summed E-state index contributed by atoms with van der Waals surface area (Å²) >= 11 is 12.2. The number of aliphatic carboxylic acids is 1. The number of hydrogen-bond acceptors (Lipinski definition) is 5. The van der Waals surface area contributed by atoms with Crippen LogP contribution in [0, 0.1) is 11.6 Å². The lowest BCUT2D eigenvalue weighted by atomic mass is 10.2. The van der Waals surface area contributed by atoms with Crippen molar-refractivity contribution in [2.45, 2.75) is 11.7 Å². The largest absolute Gasteiger partial charge is 0.481 e. The molecule has 1 atom stereocenters. The zero-order valence-corrected chi connectivity index (χ0v) is 13.3. The summed E-state index contributed by atoms with van der Waals surface area (Å²) in [6, 6.07) is 0.728. The second-order valence-corrected chi connectivity index (χ2v) is 6.20. The van der Waals surface area contributed by atoms with E-state index in [4.69, 9.17) is 28.3 Å². The van der Waals surface area contributed by atoms with Gasteiger partial charge in [0, 0.05) is 0 Å². The van der Waals surface area contributed by atoms with E-state index in [9.17, 15) is 18.4 Å². The molecule has 2 N–H and O–H groups in total. The van der Waals surface area contributed by atoms with Gasteiger partial charge in [0.1, 0.15) is 5.25 Å². The number of carboxylic acid groups (broad SMARTS) is 1. The fourth-order valence-corrected chi connectivity index (χ4v) is 2.89. The van der Waals surface area contributed by atoms with Crippen molar-refractivity contribution in [1.82, 2.24) is 5.32 Å². The first-order valence-corrected chi connectivity index (χ1v) is 7.56. The molecule has 1 aliphatic rings. The van der Waals surface area contributed by atoms with E-state index >= 15 is 0 Å². The SMILES string of the molecule is O=C(O)CC1SC(=NN=Cc2c(F)c(F)cc(Cl)c2Cl)NC1=O. The number of amidine groups is 1. The zero-order valence-electron chi connectivity index (χ0n) is 11.0. The first kappa shape index (κ1) is 17.6. The van der Waals surface area contributed by atoms with Gasteiger partial charge in [-0.1, -0.05) is 35.0 Å². The Morgan fingerprint density at radius 1 is 1.48 bits per heavy atom. The molecule has 23 heavy (non-hydrogen) atoms. The van der Waals surface area contributed by atoms with E-state index in [2.05, 4.69) is 15.5 Å². The van der Waals surface area contributed by atoms with Crippen molar-refractivity contribution in [3.8, 4) is 0 Å². The summed E-state index contributed by atoms with van der Waals surface area (Å²) in [5, 5.41) is 16.9. The number of halogens is 4. The number of benzene rings is 1. The first-order chi connectivity index (χ1) is 10.8. The van der Waals surface area contributed by atoms with Gasteiger partial charge in [-0.25, -0.2) is 8.78 Å². The second-order valence-electron chi connectivity index (χ2n) is 4.23. The van der Waals surface area contributed by atoms with Crippen LogP contribution in [0.25, 0.3) is 0 Å². The van der Waals surface area contributed by atoms with Crippen LogP contribution in [0.15, 0.2) is 16.3 Å². The normalized spacial score (nSPS) is 19.6. The van der Waals surface area contributed by atoms with Gasteiger partial charge in [-0.05, 0) is 6.07 Å². The van der Waals surface area contributed by atoms with Crippen molar-refractivity contribution >= 4 is 58.2 Å². The lowest BCUT2D eigenvalue weighted by Crippen LogP contribution is -2.26. The van der Waals surface area contributed by atoms with E-state index < -0.39 is 34.3 Å². The number of carbonyl (C=O) groups is 2. The summed E-state index contributed by atoms with van der Waals surface area (Å²) in [6.45, 7) is 0. The summed E-state index contributed by atoms with van der Waals surface area (Å²) in [4.78, 5) is 22.1. The minimum absolute atomic E-state index is 0.0385. The standard InChI is InChI=1S/C12H7Cl2F2N3O3S/c13-5-1-6(15)10(16)4(9(5)14)3-17-19-12-18-11(22)7(23-12)2-8(20)21/h1,3,7H,2H2,(H,20,21)(H,18,19,22). The molecule has 0 spiro atoms. The van der Waals surface area contributed by atoms with Crippen LogP contribution in [0.3, 0.4) is 0 Å². The fraction of sp³-hybridized carbons (Fsp3) is 0.167. The molecular formula is C12H7Cl2F2N3O3S. The minimum atomic E-state index is -1.24. The van der Waals surface area contributed by atoms with Gasteiger partial charge in [0.2, 0.25) is 5.91 Å². The van der Waals surface area contributed by atoms with Crippen LogP contribution in [-0.4, -0.2) is 33.6 Å². The van der Waals surface area contributed by atoms with Gasteiger partial charge in [0.15, 0.2) is 16.8 Å². The van der Waals surface area contributed by atoms with Crippen LogP contribution in [0.5, 0.6) is 0 Å². The molecule has 0 aromatic heterocycles. The van der Waals surface area contributed by atoms with Crippen LogP contribution in [0.1, 0.15) is 12.0 Å². The molecule has 1 unspecified atom stereocenters. The number of hydrogen-bond donors (Lipinski definition) is 2. The quantitative estimate of drug-likeness (QED) is 0.476. The molecule has 6 nitrogen and oxygen atoms in total. The third kappa shape index (κ3) is 4.18. The molecule has 0 bridgehead atoms. The predicted molar refractivity (Wildman–Crippen MR) is 83.2 cm³/mol. The van der Waals surface area contributed by atoms with Gasteiger partial charge in [0.05, 0.1) is 28.2 Å². The topological polar surface area (TPSA) is 91.1 Å². The smallest absolute Gasteiger partial charge is 0.305 e. The Bertz CT molecular complexity index is 717. The lowest BCUT2D eigenvalue weighted by molar-refractivity contribution is -0.138. The van der Waals surface area contributed by atoms with Crippen LogP contribution in [-0.2, 0) is 9.59 Å². The first-order valence-electron chi connectivity index (χ1n) is 5.93. The predicted octanol–water partition coefficient (Wildman–Crippen LogP) is 2.67. The molecule has 0 aliphatic carbocycles. The monoisotopic (exact) mass is 381 g/mol. The van der Waals surface area contributed by atoms with Gasteiger partial charge in [-0.3, -0.25) is 9.59 Å². The molecule has 1 aromatic rings. The number of nitrogens with zero attached hydrogens (tertiary/aromatic N) is 2. The Morgan fingerprint density at radius 3 is 2.83 bits per heavy atom. The third-order valence-corrected chi connectivity index (χ3v) is 4.49. The van der Waals surface area contributed by atoms with E-state index in [1.807, 2.05) is 0 Å². The van der Waals surface area contributed by atoms with E-state index in [-0.39, 0.29) is 21.6 Å². The summed E-state index contributed by atoms with van der Waals surface area (Å²) in [6.07, 6.45) is 0.468. The van der Waals surface area contributed by atoms with Crippen LogP contribution < -0.4 is 5.32 Å². The Morgan fingerprint density at radius 2 is 2.17 bits per heavy atom. The number of rotatable bonds is 4. The van der Waals surface area contributed by atoms with E-state index in [0.29, 0.717) is 0 Å². The maximum Gasteiger partial charge on any atom is 0.305 e. The average Bonchev–Trinajstić information content (AvgIpc) is 2.80. The van der Waals surface area contributed by atoms with Crippen molar-refractivity contribution in [2.75, 3.05) is 0 Å². The van der Waals surface area contributed by atoms with Crippen LogP contribution in [0.4, 0.5) is 8.78 Å². The number of amides is 1. The van der Waals surface area contributed by atoms with Crippen molar-refractivity contribution in [3.05, 3.63) is 33.3 Å². The minimum Gasteiger partial charge on any atom is -0.481 e. The fourth-order valence-electron chi connectivity index (χ4n) is 1.59. The molecule has 1 aromatic carbocycles. The highest BCUT2D eigenvalue weighted by Crippen LogP contribution is 2.29. The van der Waals surface area contributed by atoms with Crippen LogP contribution in [0.2, 0.25) is 10.0 Å². The molecule has 122 valence electrons. The maximum absolute atomic E-state index is 13.6. The highest BCUT2D eigenvalue weighted by atomic mass is 35.5. The molecule has 1 amide bonds. The van der Waals surface area contributed by atoms with E-state index in [1.165, 1.54) is 0 Å². The van der Waals surface area contributed by atoms with E-state index in [0.717, 1.165) is 24.0 Å². The van der Waals surface area contributed by atoms with Crippen molar-refractivity contribution in [3.63, 3.8) is 0 Å². The Balaban J connectivity index is 2.17. The lowest BCUT2D eigenvalue weighted by Gasteiger charge is -2.02. The van der Waals surface area contributed by atoms with Crippen molar-refractivity contribution in [2.24, 2.45) is 10.2 Å². The summed E-state index contributed by atoms with van der Waals surface area (Å²) in [5.74, 6) is -4.09. The van der Waals surface area contributed by atoms with E-state index in [1.54, 1.807) is 0 Å². The molecular weight excluding hydrogens is 375 g/mol. The summed E-state index contributed by atoms with van der Waals surface area (Å²) < 4.78 is 26.9. The second kappa shape index (κ2) is 7.24. The number of thioether (sulfide) groups is 1.